The molecule has 0 bridgehead atoms. The first-order chi connectivity index (χ1) is 9.62. The molecule has 3 rings (SSSR count). The van der Waals surface area contributed by atoms with Crippen molar-refractivity contribution in [1.82, 2.24) is 4.57 Å². The highest BCUT2D eigenvalue weighted by Gasteiger charge is 2.28. The van der Waals surface area contributed by atoms with Crippen LogP contribution in [0.4, 0.5) is 5.69 Å². The predicted octanol–water partition coefficient (Wildman–Crippen LogP) is 3.85. The molecule has 0 spiro atoms. The van der Waals surface area contributed by atoms with Crippen LogP contribution in [-0.4, -0.2) is 22.8 Å². The molecular formula is C17H22N2O. The Morgan fingerprint density at radius 3 is 2.75 bits per heavy atom. The van der Waals surface area contributed by atoms with E-state index in [1.807, 2.05) is 12.1 Å². The van der Waals surface area contributed by atoms with Gasteiger partial charge in [-0.25, -0.2) is 0 Å². The molecule has 0 amide bonds. The van der Waals surface area contributed by atoms with E-state index >= 15 is 0 Å². The highest BCUT2D eigenvalue weighted by Crippen LogP contribution is 2.27. The molecular weight excluding hydrogens is 248 g/mol. The average molecular weight is 270 g/mol. The normalized spacial score (nSPS) is 21.6. The lowest BCUT2D eigenvalue weighted by Crippen LogP contribution is -2.40. The minimum Gasteiger partial charge on any atom is -0.382 e. The van der Waals surface area contributed by atoms with Gasteiger partial charge in [0.1, 0.15) is 0 Å². The molecule has 1 aromatic carbocycles. The van der Waals surface area contributed by atoms with Crippen LogP contribution in [-0.2, 0) is 4.74 Å². The van der Waals surface area contributed by atoms with E-state index in [1.165, 1.54) is 11.4 Å². The Bertz CT molecular complexity index is 560. The van der Waals surface area contributed by atoms with Gasteiger partial charge in [0.15, 0.2) is 0 Å². The summed E-state index contributed by atoms with van der Waals surface area (Å²) in [7, 11) is 0. The quantitative estimate of drug-likeness (QED) is 0.917. The fraction of sp³-hybridized carbons (Fsp3) is 0.412. The van der Waals surface area contributed by atoms with Gasteiger partial charge < -0.3 is 14.6 Å². The predicted molar refractivity (Wildman–Crippen MR) is 82.4 cm³/mol. The molecule has 1 atom stereocenters. The van der Waals surface area contributed by atoms with Crippen molar-refractivity contribution in [3.63, 3.8) is 0 Å². The molecule has 2 heterocycles. The van der Waals surface area contributed by atoms with Crippen molar-refractivity contribution in [3.8, 4) is 5.69 Å². The van der Waals surface area contributed by atoms with E-state index in [4.69, 9.17) is 4.74 Å². The first-order valence-electron chi connectivity index (χ1n) is 7.26. The molecule has 3 nitrogen and oxygen atoms in total. The minimum atomic E-state index is -0.0199. The standard InChI is InChI=1S/C17H22N2O/c1-17(2)13-15(8-11-20-17)18-14-6-5-7-16(12-14)19-9-3-4-10-19/h3-7,9-10,12,15,18H,8,11,13H2,1-2H3. The van der Waals surface area contributed by atoms with Crippen LogP contribution in [0.25, 0.3) is 5.69 Å². The third kappa shape index (κ3) is 3.05. The second kappa shape index (κ2) is 5.33. The van der Waals surface area contributed by atoms with E-state index in [1.54, 1.807) is 0 Å². The molecule has 0 radical (unpaired) electrons. The van der Waals surface area contributed by atoms with Crippen molar-refractivity contribution in [1.29, 1.82) is 0 Å². The summed E-state index contributed by atoms with van der Waals surface area (Å²) in [5.41, 5.74) is 2.35. The van der Waals surface area contributed by atoms with E-state index in [9.17, 15) is 0 Å². The van der Waals surface area contributed by atoms with Crippen LogP contribution in [0.15, 0.2) is 48.8 Å². The van der Waals surface area contributed by atoms with Gasteiger partial charge in [0.25, 0.3) is 0 Å². The Morgan fingerprint density at radius 2 is 2.00 bits per heavy atom. The Morgan fingerprint density at radius 1 is 1.20 bits per heavy atom. The summed E-state index contributed by atoms with van der Waals surface area (Å²) >= 11 is 0. The van der Waals surface area contributed by atoms with Crippen molar-refractivity contribution >= 4 is 5.69 Å². The summed E-state index contributed by atoms with van der Waals surface area (Å²) in [4.78, 5) is 0. The lowest BCUT2D eigenvalue weighted by molar-refractivity contribution is -0.0553. The lowest BCUT2D eigenvalue weighted by atomic mass is 9.94. The number of nitrogens with zero attached hydrogens (tertiary/aromatic N) is 1. The van der Waals surface area contributed by atoms with Crippen molar-refractivity contribution in [2.45, 2.75) is 38.3 Å². The zero-order valence-electron chi connectivity index (χ0n) is 12.2. The molecule has 106 valence electrons. The van der Waals surface area contributed by atoms with Crippen molar-refractivity contribution in [2.75, 3.05) is 11.9 Å². The van der Waals surface area contributed by atoms with Crippen LogP contribution < -0.4 is 5.32 Å². The molecule has 1 aliphatic heterocycles. The van der Waals surface area contributed by atoms with Gasteiger partial charge in [-0.2, -0.15) is 0 Å². The maximum atomic E-state index is 5.77. The molecule has 3 heteroatoms. The lowest BCUT2D eigenvalue weighted by Gasteiger charge is -2.36. The van der Waals surface area contributed by atoms with Crippen LogP contribution in [0, 0.1) is 0 Å². The SMILES string of the molecule is CC1(C)CC(Nc2cccc(-n3cccc3)c2)CCO1. The molecule has 1 saturated heterocycles. The Labute approximate surface area is 120 Å². The fourth-order valence-electron chi connectivity index (χ4n) is 2.85. The molecule has 1 N–H and O–H groups in total. The largest absolute Gasteiger partial charge is 0.382 e. The van der Waals surface area contributed by atoms with E-state index in [2.05, 4.69) is 60.4 Å². The van der Waals surface area contributed by atoms with Crippen LogP contribution >= 0.6 is 0 Å². The van der Waals surface area contributed by atoms with Gasteiger partial charge in [-0.05, 0) is 57.0 Å². The van der Waals surface area contributed by atoms with Gasteiger partial charge in [0.2, 0.25) is 0 Å². The van der Waals surface area contributed by atoms with Crippen LogP contribution in [0.3, 0.4) is 0 Å². The minimum absolute atomic E-state index is 0.0199. The first-order valence-corrected chi connectivity index (χ1v) is 7.26. The second-order valence-electron chi connectivity index (χ2n) is 6.08. The Kier molecular flexibility index (Phi) is 3.53. The third-order valence-corrected chi connectivity index (χ3v) is 3.82. The van der Waals surface area contributed by atoms with Gasteiger partial charge in [-0.1, -0.05) is 6.07 Å². The summed E-state index contributed by atoms with van der Waals surface area (Å²) in [6, 6.07) is 13.1. The van der Waals surface area contributed by atoms with Crippen LogP contribution in [0.5, 0.6) is 0 Å². The molecule has 0 aliphatic carbocycles. The van der Waals surface area contributed by atoms with Crippen LogP contribution in [0.2, 0.25) is 0 Å². The number of aromatic nitrogens is 1. The highest BCUT2D eigenvalue weighted by molar-refractivity contribution is 5.52. The van der Waals surface area contributed by atoms with Gasteiger partial charge in [0.05, 0.1) is 5.60 Å². The monoisotopic (exact) mass is 270 g/mol. The molecule has 1 aromatic heterocycles. The van der Waals surface area contributed by atoms with Gasteiger partial charge >= 0.3 is 0 Å². The summed E-state index contributed by atoms with van der Waals surface area (Å²) in [6.45, 7) is 5.16. The third-order valence-electron chi connectivity index (χ3n) is 3.82. The van der Waals surface area contributed by atoms with E-state index in [-0.39, 0.29) is 5.60 Å². The number of anilines is 1. The zero-order valence-corrected chi connectivity index (χ0v) is 12.2. The number of benzene rings is 1. The number of nitrogens with one attached hydrogen (secondary N) is 1. The molecule has 2 aromatic rings. The Hall–Kier alpha value is -1.74. The van der Waals surface area contributed by atoms with Crippen molar-refractivity contribution in [3.05, 3.63) is 48.8 Å². The molecule has 1 unspecified atom stereocenters. The van der Waals surface area contributed by atoms with Crippen LogP contribution in [0.1, 0.15) is 26.7 Å². The summed E-state index contributed by atoms with van der Waals surface area (Å²) in [5.74, 6) is 0. The van der Waals surface area contributed by atoms with Crippen molar-refractivity contribution in [2.24, 2.45) is 0 Å². The smallest absolute Gasteiger partial charge is 0.0646 e. The summed E-state index contributed by atoms with van der Waals surface area (Å²) in [5, 5.41) is 3.65. The number of hydrogen-bond donors (Lipinski definition) is 1. The fourth-order valence-corrected chi connectivity index (χ4v) is 2.85. The molecule has 20 heavy (non-hydrogen) atoms. The van der Waals surface area contributed by atoms with E-state index in [0.29, 0.717) is 6.04 Å². The second-order valence-corrected chi connectivity index (χ2v) is 6.08. The van der Waals surface area contributed by atoms with Gasteiger partial charge in [-0.3, -0.25) is 0 Å². The molecule has 1 fully saturated rings. The molecule has 0 saturated carbocycles. The maximum absolute atomic E-state index is 5.77. The average Bonchev–Trinajstić information content (AvgIpc) is 2.91. The van der Waals surface area contributed by atoms with E-state index in [0.717, 1.165) is 19.4 Å². The topological polar surface area (TPSA) is 26.2 Å². The van der Waals surface area contributed by atoms with Gasteiger partial charge in [0, 0.05) is 36.4 Å². The van der Waals surface area contributed by atoms with Gasteiger partial charge in [-0.15, -0.1) is 0 Å². The number of hydrogen-bond acceptors (Lipinski definition) is 2. The zero-order chi connectivity index (χ0) is 14.0. The highest BCUT2D eigenvalue weighted by atomic mass is 16.5. The van der Waals surface area contributed by atoms with Crippen molar-refractivity contribution < 1.29 is 4.74 Å². The maximum Gasteiger partial charge on any atom is 0.0646 e. The first kappa shape index (κ1) is 13.3. The van der Waals surface area contributed by atoms with E-state index < -0.39 is 0 Å². The number of ether oxygens (including phenoxy) is 1. The number of rotatable bonds is 3. The molecule has 1 aliphatic rings. The summed E-state index contributed by atoms with van der Waals surface area (Å²) < 4.78 is 7.90. The summed E-state index contributed by atoms with van der Waals surface area (Å²) in [6.07, 6.45) is 6.24. The Balaban J connectivity index is 1.73.